The van der Waals surface area contributed by atoms with Gasteiger partial charge in [-0.25, -0.2) is 4.79 Å². The van der Waals surface area contributed by atoms with Crippen molar-refractivity contribution < 1.29 is 4.42 Å². The van der Waals surface area contributed by atoms with Crippen molar-refractivity contribution in [3.63, 3.8) is 0 Å². The third kappa shape index (κ3) is 1.65. The zero-order valence-corrected chi connectivity index (χ0v) is 10.5. The molecule has 0 fully saturated rings. The monoisotopic (exact) mass is 264 g/mol. The lowest BCUT2D eigenvalue weighted by atomic mass is 10.1. The van der Waals surface area contributed by atoms with E-state index in [1.165, 1.54) is 15.9 Å². The molecule has 0 saturated carbocycles. The number of aromatic amines is 1. The van der Waals surface area contributed by atoms with Crippen molar-refractivity contribution in [1.82, 2.24) is 9.55 Å². The summed E-state index contributed by atoms with van der Waals surface area (Å²) >= 11 is 6.53. The van der Waals surface area contributed by atoms with Crippen LogP contribution >= 0.6 is 23.6 Å². The van der Waals surface area contributed by atoms with Crippen molar-refractivity contribution in [2.45, 2.75) is 0 Å². The second kappa shape index (κ2) is 3.68. The average molecular weight is 264 g/mol. The van der Waals surface area contributed by atoms with Gasteiger partial charge in [0, 0.05) is 18.0 Å². The van der Waals surface area contributed by atoms with Gasteiger partial charge in [0.25, 0.3) is 0 Å². The molecule has 0 amide bonds. The molecule has 0 unspecified atom stereocenters. The first kappa shape index (κ1) is 10.5. The van der Waals surface area contributed by atoms with Crippen LogP contribution in [0.4, 0.5) is 0 Å². The number of aryl methyl sites for hydroxylation is 1. The smallest absolute Gasteiger partial charge is 0.408 e. The first-order valence-electron chi connectivity index (χ1n) is 4.93. The molecule has 0 spiro atoms. The molecule has 0 bridgehead atoms. The van der Waals surface area contributed by atoms with Crippen LogP contribution in [0.25, 0.3) is 22.4 Å². The number of H-pyrrole nitrogens is 1. The Bertz CT molecular complexity index is 807. The van der Waals surface area contributed by atoms with E-state index in [0.717, 1.165) is 20.7 Å². The fourth-order valence-electron chi connectivity index (χ4n) is 1.72. The average Bonchev–Trinajstić information content (AvgIpc) is 2.85. The highest BCUT2D eigenvalue weighted by atomic mass is 32.1. The van der Waals surface area contributed by atoms with Gasteiger partial charge in [-0.15, -0.1) is 11.3 Å². The number of oxazole rings is 1. The molecule has 1 aromatic carbocycles. The van der Waals surface area contributed by atoms with Gasteiger partial charge in [0.05, 0.1) is 11.2 Å². The van der Waals surface area contributed by atoms with Crippen LogP contribution in [-0.2, 0) is 7.05 Å². The summed E-state index contributed by atoms with van der Waals surface area (Å²) in [4.78, 5) is 14.5. The van der Waals surface area contributed by atoms with E-state index in [1.807, 2.05) is 17.5 Å². The minimum absolute atomic E-state index is 0.351. The molecule has 0 aliphatic rings. The topological polar surface area (TPSA) is 50.9 Å². The van der Waals surface area contributed by atoms with Gasteiger partial charge in [0.1, 0.15) is 0 Å². The molecule has 86 valence electrons. The van der Waals surface area contributed by atoms with Crippen molar-refractivity contribution in [2.24, 2.45) is 7.05 Å². The summed E-state index contributed by atoms with van der Waals surface area (Å²) in [7, 11) is 1.69. The molecule has 0 radical (unpaired) electrons. The van der Waals surface area contributed by atoms with Gasteiger partial charge in [-0.05, 0) is 30.4 Å². The molecule has 0 aliphatic heterocycles. The van der Waals surface area contributed by atoms with Crippen LogP contribution in [0.1, 0.15) is 0 Å². The molecule has 2 aromatic heterocycles. The normalized spacial score (nSPS) is 11.1. The number of hydrogen-bond donors (Lipinski definition) is 1. The van der Waals surface area contributed by atoms with Crippen LogP contribution in [0.3, 0.4) is 0 Å². The fourth-order valence-corrected chi connectivity index (χ4v) is 2.56. The van der Waals surface area contributed by atoms with Gasteiger partial charge in [0.15, 0.2) is 9.54 Å². The number of thiazole rings is 1. The maximum Gasteiger partial charge on any atom is 0.419 e. The Morgan fingerprint density at radius 2 is 2.29 bits per heavy atom. The standard InChI is InChI=1S/C11H8N2O2S2/c1-13-8-4-6(7-5-17-10(16)12-7)2-3-9(8)15-11(13)14/h2-5H,1H3,(H,12,16). The predicted octanol–water partition coefficient (Wildman–Crippen LogP) is 2.92. The Labute approximate surface area is 105 Å². The van der Waals surface area contributed by atoms with Crippen molar-refractivity contribution >= 4 is 34.7 Å². The first-order valence-corrected chi connectivity index (χ1v) is 6.22. The van der Waals surface area contributed by atoms with Crippen molar-refractivity contribution in [3.05, 3.63) is 38.1 Å². The predicted molar refractivity (Wildman–Crippen MR) is 70.0 cm³/mol. The number of fused-ring (bicyclic) bond motifs is 1. The summed E-state index contributed by atoms with van der Waals surface area (Å²) in [6.07, 6.45) is 0. The molecule has 4 nitrogen and oxygen atoms in total. The van der Waals surface area contributed by atoms with Crippen LogP contribution in [-0.4, -0.2) is 9.55 Å². The summed E-state index contributed by atoms with van der Waals surface area (Å²) in [5.41, 5.74) is 3.31. The van der Waals surface area contributed by atoms with Gasteiger partial charge in [-0.2, -0.15) is 0 Å². The van der Waals surface area contributed by atoms with Crippen molar-refractivity contribution in [3.8, 4) is 11.3 Å². The van der Waals surface area contributed by atoms with Crippen molar-refractivity contribution in [2.75, 3.05) is 0 Å². The number of aromatic nitrogens is 2. The van der Waals surface area contributed by atoms with Crippen molar-refractivity contribution in [1.29, 1.82) is 0 Å². The van der Waals surface area contributed by atoms with Gasteiger partial charge in [-0.3, -0.25) is 4.57 Å². The summed E-state index contributed by atoms with van der Waals surface area (Å²) in [5.74, 6) is -0.351. The Balaban J connectivity index is 2.29. The molecule has 0 saturated heterocycles. The van der Waals surface area contributed by atoms with Crippen LogP contribution in [0.15, 0.2) is 32.8 Å². The zero-order valence-electron chi connectivity index (χ0n) is 8.89. The van der Waals surface area contributed by atoms with Gasteiger partial charge in [-0.1, -0.05) is 0 Å². The minimum Gasteiger partial charge on any atom is -0.408 e. The number of nitrogens with zero attached hydrogens (tertiary/aromatic N) is 1. The highest BCUT2D eigenvalue weighted by molar-refractivity contribution is 7.73. The Morgan fingerprint density at radius 3 is 3.00 bits per heavy atom. The van der Waals surface area contributed by atoms with E-state index in [-0.39, 0.29) is 5.76 Å². The Kier molecular flexibility index (Phi) is 2.27. The second-order valence-electron chi connectivity index (χ2n) is 3.67. The van der Waals surface area contributed by atoms with E-state index in [2.05, 4.69) is 4.98 Å². The molecule has 6 heteroatoms. The van der Waals surface area contributed by atoms with E-state index < -0.39 is 0 Å². The van der Waals surface area contributed by atoms with E-state index in [4.69, 9.17) is 16.6 Å². The quantitative estimate of drug-likeness (QED) is 0.687. The SMILES string of the molecule is Cn1c(=O)oc2ccc(-c3csc(=S)[nH]3)cc21. The molecular weight excluding hydrogens is 256 g/mol. The molecule has 1 N–H and O–H groups in total. The number of rotatable bonds is 1. The summed E-state index contributed by atoms with van der Waals surface area (Å²) in [6, 6.07) is 5.60. The maximum absolute atomic E-state index is 11.4. The highest BCUT2D eigenvalue weighted by Crippen LogP contribution is 2.24. The van der Waals surface area contributed by atoms with Gasteiger partial charge in [0.2, 0.25) is 0 Å². The lowest BCUT2D eigenvalue weighted by Gasteiger charge is -1.97. The van der Waals surface area contributed by atoms with E-state index in [1.54, 1.807) is 13.1 Å². The second-order valence-corrected chi connectivity index (χ2v) is 5.22. The molecule has 3 rings (SSSR count). The Hall–Kier alpha value is -1.66. The Morgan fingerprint density at radius 1 is 1.47 bits per heavy atom. The molecule has 0 atom stereocenters. The zero-order chi connectivity index (χ0) is 12.0. The number of nitrogens with one attached hydrogen (secondary N) is 1. The van der Waals surface area contributed by atoms with Gasteiger partial charge >= 0.3 is 5.76 Å². The minimum atomic E-state index is -0.351. The van der Waals surface area contributed by atoms with E-state index in [0.29, 0.717) is 5.58 Å². The fraction of sp³-hybridized carbons (Fsp3) is 0.0909. The lowest BCUT2D eigenvalue weighted by molar-refractivity contribution is 0.528. The van der Waals surface area contributed by atoms with Gasteiger partial charge < -0.3 is 9.40 Å². The van der Waals surface area contributed by atoms with E-state index >= 15 is 0 Å². The van der Waals surface area contributed by atoms with Crippen LogP contribution in [0, 0.1) is 3.95 Å². The third-order valence-electron chi connectivity index (χ3n) is 2.62. The summed E-state index contributed by atoms with van der Waals surface area (Å²) in [6.45, 7) is 0. The highest BCUT2D eigenvalue weighted by Gasteiger charge is 2.07. The molecule has 17 heavy (non-hydrogen) atoms. The lowest BCUT2D eigenvalue weighted by Crippen LogP contribution is -2.08. The molecule has 2 heterocycles. The molecular formula is C11H8N2O2S2. The largest absolute Gasteiger partial charge is 0.419 e. The molecule has 0 aliphatic carbocycles. The molecule has 3 aromatic rings. The number of benzene rings is 1. The number of hydrogen-bond acceptors (Lipinski definition) is 4. The summed E-state index contributed by atoms with van der Waals surface area (Å²) < 4.78 is 7.30. The van der Waals surface area contributed by atoms with Crippen LogP contribution in [0.2, 0.25) is 0 Å². The van der Waals surface area contributed by atoms with Crippen LogP contribution < -0.4 is 5.76 Å². The third-order valence-corrected chi connectivity index (χ3v) is 3.68. The van der Waals surface area contributed by atoms with E-state index in [9.17, 15) is 4.79 Å². The first-order chi connectivity index (χ1) is 8.15. The summed E-state index contributed by atoms with van der Waals surface area (Å²) in [5, 5.41) is 1.96. The maximum atomic E-state index is 11.4. The van der Waals surface area contributed by atoms with Crippen LogP contribution in [0.5, 0.6) is 0 Å².